The Bertz CT molecular complexity index is 1190. The lowest BCUT2D eigenvalue weighted by molar-refractivity contribution is -0.133. The van der Waals surface area contributed by atoms with Gasteiger partial charge in [0.15, 0.2) is 11.0 Å². The fourth-order valence-electron chi connectivity index (χ4n) is 3.51. The van der Waals surface area contributed by atoms with Crippen molar-refractivity contribution in [3.8, 4) is 22.5 Å². The van der Waals surface area contributed by atoms with Crippen molar-refractivity contribution in [3.63, 3.8) is 0 Å². The van der Waals surface area contributed by atoms with Gasteiger partial charge in [-0.1, -0.05) is 17.8 Å². The van der Waals surface area contributed by atoms with E-state index >= 15 is 0 Å². The van der Waals surface area contributed by atoms with Crippen molar-refractivity contribution in [2.24, 2.45) is 7.05 Å². The van der Waals surface area contributed by atoms with Crippen LogP contribution < -0.4 is 0 Å². The number of carboxylic acid groups (broad SMARTS) is 1. The Kier molecular flexibility index (Phi) is 4.68. The summed E-state index contributed by atoms with van der Waals surface area (Å²) in [5, 5.41) is 18.8. The molecule has 0 saturated carbocycles. The molecule has 4 aromatic rings. The summed E-state index contributed by atoms with van der Waals surface area (Å²) in [4.78, 5) is 13.8. The van der Waals surface area contributed by atoms with E-state index in [-0.39, 0.29) is 5.75 Å². The zero-order valence-electron chi connectivity index (χ0n) is 15.9. The van der Waals surface area contributed by atoms with Crippen molar-refractivity contribution in [2.45, 2.75) is 19.0 Å². The molecule has 6 nitrogen and oxygen atoms in total. The number of fused-ring (bicyclic) bond motifs is 1. The van der Waals surface area contributed by atoms with E-state index in [1.165, 1.54) is 16.5 Å². The first-order valence-electron chi connectivity index (χ1n) is 8.86. The standard InChI is InChI=1S/C21H20N4O2S/c1-12-6-15(16-8-13(2)19-14(9-16)4-5-25(19)3)10-17(7-12)20-22-21(24-23-20)28-11-18(26)27/h4-10H,11H2,1-3H3,(H,26,27)(H,22,23,24). The van der Waals surface area contributed by atoms with Gasteiger partial charge in [0.2, 0.25) is 0 Å². The summed E-state index contributed by atoms with van der Waals surface area (Å²) in [5.74, 6) is -0.299. The van der Waals surface area contributed by atoms with E-state index in [9.17, 15) is 4.79 Å². The molecule has 0 spiro atoms. The van der Waals surface area contributed by atoms with E-state index in [4.69, 9.17) is 5.11 Å². The topological polar surface area (TPSA) is 83.8 Å². The minimum absolute atomic E-state index is 0.0515. The lowest BCUT2D eigenvalue weighted by atomic mass is 9.97. The second kappa shape index (κ2) is 7.16. The van der Waals surface area contributed by atoms with Crippen LogP contribution in [0.15, 0.2) is 47.8 Å². The van der Waals surface area contributed by atoms with Gasteiger partial charge in [-0.05, 0) is 66.4 Å². The summed E-state index contributed by atoms with van der Waals surface area (Å²) >= 11 is 1.12. The molecule has 0 aliphatic heterocycles. The van der Waals surface area contributed by atoms with Crippen LogP contribution in [0.1, 0.15) is 11.1 Å². The lowest BCUT2D eigenvalue weighted by Crippen LogP contribution is -1.97. The number of aromatic amines is 1. The van der Waals surface area contributed by atoms with Gasteiger partial charge >= 0.3 is 5.97 Å². The molecule has 2 aromatic carbocycles. The van der Waals surface area contributed by atoms with Gasteiger partial charge in [-0.25, -0.2) is 0 Å². The molecule has 0 atom stereocenters. The number of aliphatic carboxylic acids is 1. The highest BCUT2D eigenvalue weighted by molar-refractivity contribution is 7.99. The monoisotopic (exact) mass is 392 g/mol. The van der Waals surface area contributed by atoms with Crippen molar-refractivity contribution in [3.05, 3.63) is 53.7 Å². The van der Waals surface area contributed by atoms with Gasteiger partial charge in [0.25, 0.3) is 0 Å². The Morgan fingerprint density at radius 3 is 2.64 bits per heavy atom. The smallest absolute Gasteiger partial charge is 0.313 e. The number of rotatable bonds is 5. The zero-order chi connectivity index (χ0) is 19.8. The van der Waals surface area contributed by atoms with E-state index in [2.05, 4.69) is 77.2 Å². The first-order valence-corrected chi connectivity index (χ1v) is 9.84. The fourth-order valence-corrected chi connectivity index (χ4v) is 4.03. The quantitative estimate of drug-likeness (QED) is 0.491. The molecule has 142 valence electrons. The molecule has 0 aliphatic carbocycles. The second-order valence-electron chi connectivity index (χ2n) is 6.91. The molecule has 28 heavy (non-hydrogen) atoms. The lowest BCUT2D eigenvalue weighted by Gasteiger charge is -2.09. The maximum Gasteiger partial charge on any atom is 0.313 e. The minimum atomic E-state index is -0.882. The molecule has 0 fully saturated rings. The Balaban J connectivity index is 1.73. The molecule has 2 heterocycles. The summed E-state index contributed by atoms with van der Waals surface area (Å²) in [5.41, 5.74) is 6.79. The van der Waals surface area contributed by atoms with Crippen LogP contribution in [0.3, 0.4) is 0 Å². The van der Waals surface area contributed by atoms with E-state index in [0.29, 0.717) is 11.0 Å². The predicted molar refractivity (Wildman–Crippen MR) is 112 cm³/mol. The number of hydrogen-bond acceptors (Lipinski definition) is 4. The maximum atomic E-state index is 10.7. The largest absolute Gasteiger partial charge is 0.481 e. The molecular formula is C21H20N4O2S. The van der Waals surface area contributed by atoms with E-state index in [1.807, 2.05) is 6.07 Å². The van der Waals surface area contributed by atoms with Crippen LogP contribution in [0.25, 0.3) is 33.4 Å². The average molecular weight is 392 g/mol. The first kappa shape index (κ1) is 18.3. The SMILES string of the molecule is Cc1cc(-c2cc(C)c3c(ccn3C)c2)cc(-c2nnc(SCC(=O)O)[nH]2)c1. The van der Waals surface area contributed by atoms with Crippen LogP contribution in [0.2, 0.25) is 0 Å². The third-order valence-corrected chi connectivity index (χ3v) is 5.49. The van der Waals surface area contributed by atoms with Crippen LogP contribution >= 0.6 is 11.8 Å². The van der Waals surface area contributed by atoms with Gasteiger partial charge in [-0.15, -0.1) is 10.2 Å². The summed E-state index contributed by atoms with van der Waals surface area (Å²) in [7, 11) is 2.06. The molecule has 2 N–H and O–H groups in total. The maximum absolute atomic E-state index is 10.7. The van der Waals surface area contributed by atoms with Crippen molar-refractivity contribution in [1.29, 1.82) is 0 Å². The van der Waals surface area contributed by atoms with Crippen molar-refractivity contribution < 1.29 is 9.90 Å². The Labute approximate surface area is 166 Å². The summed E-state index contributed by atoms with van der Waals surface area (Å²) in [6.45, 7) is 4.18. The van der Waals surface area contributed by atoms with Gasteiger partial charge in [-0.3, -0.25) is 4.79 Å². The van der Waals surface area contributed by atoms with Crippen LogP contribution in [-0.4, -0.2) is 36.6 Å². The number of H-pyrrole nitrogens is 1. The highest BCUT2D eigenvalue weighted by Crippen LogP contribution is 2.31. The molecule has 0 unspecified atom stereocenters. The third-order valence-electron chi connectivity index (χ3n) is 4.64. The van der Waals surface area contributed by atoms with Gasteiger partial charge < -0.3 is 14.7 Å². The van der Waals surface area contributed by atoms with E-state index in [0.717, 1.165) is 34.0 Å². The van der Waals surface area contributed by atoms with Crippen LogP contribution in [0.5, 0.6) is 0 Å². The molecular weight excluding hydrogens is 372 g/mol. The Hall–Kier alpha value is -3.06. The summed E-state index contributed by atoms with van der Waals surface area (Å²) < 4.78 is 2.14. The Morgan fingerprint density at radius 2 is 1.86 bits per heavy atom. The van der Waals surface area contributed by atoms with Crippen LogP contribution in [0.4, 0.5) is 0 Å². The number of thioether (sulfide) groups is 1. The minimum Gasteiger partial charge on any atom is -0.481 e. The number of carbonyl (C=O) groups is 1. The molecule has 2 aromatic heterocycles. The number of aromatic nitrogens is 4. The molecule has 0 aliphatic rings. The molecule has 7 heteroatoms. The van der Waals surface area contributed by atoms with E-state index in [1.54, 1.807) is 0 Å². The highest BCUT2D eigenvalue weighted by Gasteiger charge is 2.11. The summed E-state index contributed by atoms with van der Waals surface area (Å²) in [6.07, 6.45) is 2.08. The number of hydrogen-bond donors (Lipinski definition) is 2. The first-order chi connectivity index (χ1) is 13.4. The fraction of sp³-hybridized carbons (Fsp3) is 0.190. The van der Waals surface area contributed by atoms with E-state index < -0.39 is 5.97 Å². The molecule has 0 bridgehead atoms. The normalized spacial score (nSPS) is 11.2. The molecule has 0 amide bonds. The zero-order valence-corrected chi connectivity index (χ0v) is 16.7. The van der Waals surface area contributed by atoms with Crippen molar-refractivity contribution in [2.75, 3.05) is 5.75 Å². The van der Waals surface area contributed by atoms with Gasteiger partial charge in [0, 0.05) is 24.2 Å². The van der Waals surface area contributed by atoms with Gasteiger partial charge in [-0.2, -0.15) is 0 Å². The Morgan fingerprint density at radius 1 is 1.11 bits per heavy atom. The van der Waals surface area contributed by atoms with Crippen molar-refractivity contribution >= 4 is 28.6 Å². The molecule has 0 radical (unpaired) electrons. The highest BCUT2D eigenvalue weighted by atomic mass is 32.2. The second-order valence-corrected chi connectivity index (χ2v) is 7.87. The average Bonchev–Trinajstić information content (AvgIpc) is 3.26. The van der Waals surface area contributed by atoms with Gasteiger partial charge in [0.05, 0.1) is 11.3 Å². The molecule has 4 rings (SSSR count). The number of carboxylic acids is 1. The third kappa shape index (κ3) is 3.53. The molecule has 0 saturated heterocycles. The van der Waals surface area contributed by atoms with Crippen LogP contribution in [-0.2, 0) is 11.8 Å². The van der Waals surface area contributed by atoms with Crippen molar-refractivity contribution in [1.82, 2.24) is 19.7 Å². The van der Waals surface area contributed by atoms with Crippen LogP contribution in [0, 0.1) is 13.8 Å². The predicted octanol–water partition coefficient (Wildman–Crippen LogP) is 4.42. The van der Waals surface area contributed by atoms with Gasteiger partial charge in [0.1, 0.15) is 0 Å². The summed E-state index contributed by atoms with van der Waals surface area (Å²) in [6, 6.07) is 12.8. The number of nitrogens with zero attached hydrogens (tertiary/aromatic N) is 3. The number of benzene rings is 2. The number of aryl methyl sites for hydroxylation is 3. The number of nitrogens with one attached hydrogen (secondary N) is 1.